The summed E-state index contributed by atoms with van der Waals surface area (Å²) in [6, 6.07) is 3.76. The summed E-state index contributed by atoms with van der Waals surface area (Å²) in [6.45, 7) is 1.73. The molecule has 9 heteroatoms. The third-order valence-corrected chi connectivity index (χ3v) is 4.61. The number of nitrogens with zero attached hydrogens (tertiary/aromatic N) is 7. The van der Waals surface area contributed by atoms with Gasteiger partial charge in [0.1, 0.15) is 11.3 Å². The first-order chi connectivity index (χ1) is 12.1. The van der Waals surface area contributed by atoms with Gasteiger partial charge in [0.25, 0.3) is 5.91 Å². The third-order valence-electron chi connectivity index (χ3n) is 4.61. The monoisotopic (exact) mass is 340 g/mol. The fourth-order valence-electron chi connectivity index (χ4n) is 3.36. The fourth-order valence-corrected chi connectivity index (χ4v) is 3.36. The summed E-state index contributed by atoms with van der Waals surface area (Å²) in [5, 5.41) is 15.4. The Kier molecular flexibility index (Phi) is 3.83. The van der Waals surface area contributed by atoms with Gasteiger partial charge in [-0.2, -0.15) is 5.10 Å². The van der Waals surface area contributed by atoms with E-state index in [9.17, 15) is 4.79 Å². The Hall–Kier alpha value is -2.97. The number of carbonyl (C=O) groups is 1. The lowest BCUT2D eigenvalue weighted by Crippen LogP contribution is -2.48. The highest BCUT2D eigenvalue weighted by atomic mass is 16.1. The van der Waals surface area contributed by atoms with Crippen LogP contribution in [0.5, 0.6) is 0 Å². The molecule has 1 aliphatic rings. The van der Waals surface area contributed by atoms with E-state index in [2.05, 4.69) is 30.6 Å². The molecule has 1 unspecified atom stereocenters. The molecule has 0 bridgehead atoms. The van der Waals surface area contributed by atoms with E-state index < -0.39 is 0 Å². The van der Waals surface area contributed by atoms with E-state index in [-0.39, 0.29) is 11.9 Å². The lowest BCUT2D eigenvalue weighted by Gasteiger charge is -2.34. The molecule has 1 saturated heterocycles. The minimum atomic E-state index is -0.134. The standard InChI is InChI=1S/C16H20N8O/c1-22-13(6-8-18-22)24-9-3-4-11(10-24)19-16(25)12-5-7-17-15-14(12)20-21-23(15)2/h5-8,11H,3-4,9-10H2,1-2H3,(H,19,25). The summed E-state index contributed by atoms with van der Waals surface area (Å²) < 4.78 is 3.42. The lowest BCUT2D eigenvalue weighted by molar-refractivity contribution is 0.0934. The number of rotatable bonds is 3. The molecule has 1 aliphatic heterocycles. The largest absolute Gasteiger partial charge is 0.355 e. The number of aryl methyl sites for hydroxylation is 2. The second-order valence-electron chi connectivity index (χ2n) is 6.32. The van der Waals surface area contributed by atoms with Crippen LogP contribution >= 0.6 is 0 Å². The van der Waals surface area contributed by atoms with Crippen molar-refractivity contribution in [3.05, 3.63) is 30.1 Å². The van der Waals surface area contributed by atoms with E-state index in [0.717, 1.165) is 31.7 Å². The predicted octanol–water partition coefficient (Wildman–Crippen LogP) is 0.496. The molecule has 9 nitrogen and oxygen atoms in total. The number of nitrogens with one attached hydrogen (secondary N) is 1. The van der Waals surface area contributed by atoms with Gasteiger partial charge >= 0.3 is 0 Å². The molecule has 1 atom stereocenters. The first-order valence-electron chi connectivity index (χ1n) is 8.31. The Bertz CT molecular complexity index is 914. The maximum atomic E-state index is 12.7. The smallest absolute Gasteiger partial charge is 0.254 e. The van der Waals surface area contributed by atoms with E-state index in [1.807, 2.05) is 17.8 Å². The number of fused-ring (bicyclic) bond motifs is 1. The molecule has 4 heterocycles. The fraction of sp³-hybridized carbons (Fsp3) is 0.438. The van der Waals surface area contributed by atoms with E-state index in [1.165, 1.54) is 0 Å². The molecule has 0 aliphatic carbocycles. The zero-order chi connectivity index (χ0) is 17.4. The summed E-state index contributed by atoms with van der Waals surface area (Å²) >= 11 is 0. The quantitative estimate of drug-likeness (QED) is 0.746. The van der Waals surface area contributed by atoms with Crippen molar-refractivity contribution in [3.63, 3.8) is 0 Å². The van der Waals surface area contributed by atoms with Gasteiger partial charge in [-0.05, 0) is 18.9 Å². The van der Waals surface area contributed by atoms with Crippen LogP contribution in [0.1, 0.15) is 23.2 Å². The third kappa shape index (κ3) is 2.81. The summed E-state index contributed by atoms with van der Waals surface area (Å²) in [6.07, 6.45) is 5.38. The number of carbonyl (C=O) groups excluding carboxylic acids is 1. The molecule has 3 aromatic heterocycles. The number of piperidine rings is 1. The number of pyridine rings is 1. The predicted molar refractivity (Wildman–Crippen MR) is 92.2 cm³/mol. The van der Waals surface area contributed by atoms with Crippen LogP contribution in [0.4, 0.5) is 5.82 Å². The van der Waals surface area contributed by atoms with Crippen molar-refractivity contribution in [2.75, 3.05) is 18.0 Å². The Morgan fingerprint density at radius 3 is 2.92 bits per heavy atom. The van der Waals surface area contributed by atoms with Crippen molar-refractivity contribution < 1.29 is 4.79 Å². The molecule has 0 radical (unpaired) electrons. The van der Waals surface area contributed by atoms with Gasteiger partial charge in [0.2, 0.25) is 0 Å². The number of amides is 1. The second kappa shape index (κ2) is 6.15. The molecule has 0 saturated carbocycles. The minimum absolute atomic E-state index is 0.0797. The van der Waals surface area contributed by atoms with Crippen LogP contribution in [-0.2, 0) is 14.1 Å². The Morgan fingerprint density at radius 1 is 1.24 bits per heavy atom. The van der Waals surface area contributed by atoms with Gasteiger partial charge < -0.3 is 10.2 Å². The van der Waals surface area contributed by atoms with Gasteiger partial charge in [-0.3, -0.25) is 9.48 Å². The Morgan fingerprint density at radius 2 is 2.12 bits per heavy atom. The molecule has 3 aromatic rings. The van der Waals surface area contributed by atoms with Gasteiger partial charge in [0.15, 0.2) is 5.65 Å². The topological polar surface area (TPSA) is 93.8 Å². The first-order valence-corrected chi connectivity index (χ1v) is 8.31. The molecule has 25 heavy (non-hydrogen) atoms. The van der Waals surface area contributed by atoms with E-state index in [4.69, 9.17) is 0 Å². The van der Waals surface area contributed by atoms with Gasteiger partial charge in [0.05, 0.1) is 11.8 Å². The van der Waals surface area contributed by atoms with Crippen LogP contribution in [0.25, 0.3) is 11.2 Å². The molecule has 130 valence electrons. The van der Waals surface area contributed by atoms with Crippen LogP contribution in [0, 0.1) is 0 Å². The normalized spacial score (nSPS) is 17.8. The molecular formula is C16H20N8O. The molecule has 1 fully saturated rings. The Labute approximate surface area is 144 Å². The van der Waals surface area contributed by atoms with Crippen LogP contribution in [0.2, 0.25) is 0 Å². The van der Waals surface area contributed by atoms with E-state index in [1.54, 1.807) is 30.2 Å². The molecule has 1 N–H and O–H groups in total. The van der Waals surface area contributed by atoms with Crippen molar-refractivity contribution >= 4 is 22.9 Å². The average molecular weight is 340 g/mol. The SMILES string of the molecule is Cn1nccc1N1CCCC(NC(=O)c2ccnc3c2nnn3C)C1. The summed E-state index contributed by atoms with van der Waals surface area (Å²) in [5.41, 5.74) is 1.64. The highest BCUT2D eigenvalue weighted by Crippen LogP contribution is 2.20. The number of hydrogen-bond donors (Lipinski definition) is 1. The van der Waals surface area contributed by atoms with Crippen LogP contribution in [0.3, 0.4) is 0 Å². The molecule has 0 aromatic carbocycles. The van der Waals surface area contributed by atoms with Crippen LogP contribution in [-0.4, -0.2) is 54.8 Å². The lowest BCUT2D eigenvalue weighted by atomic mass is 10.0. The maximum Gasteiger partial charge on any atom is 0.254 e. The zero-order valence-electron chi connectivity index (χ0n) is 14.3. The summed E-state index contributed by atoms with van der Waals surface area (Å²) in [5.74, 6) is 0.934. The van der Waals surface area contributed by atoms with Gasteiger partial charge in [-0.25, -0.2) is 9.67 Å². The van der Waals surface area contributed by atoms with Crippen molar-refractivity contribution in [2.45, 2.75) is 18.9 Å². The van der Waals surface area contributed by atoms with Crippen LogP contribution < -0.4 is 10.2 Å². The van der Waals surface area contributed by atoms with Crippen molar-refractivity contribution in [1.82, 2.24) is 35.1 Å². The van der Waals surface area contributed by atoms with Gasteiger partial charge in [-0.15, -0.1) is 5.10 Å². The summed E-state index contributed by atoms with van der Waals surface area (Å²) in [4.78, 5) is 19.2. The van der Waals surface area contributed by atoms with Crippen molar-refractivity contribution in [1.29, 1.82) is 0 Å². The second-order valence-corrected chi connectivity index (χ2v) is 6.32. The van der Waals surface area contributed by atoms with Crippen LogP contribution in [0.15, 0.2) is 24.5 Å². The Balaban J connectivity index is 1.51. The highest BCUT2D eigenvalue weighted by Gasteiger charge is 2.24. The molecular weight excluding hydrogens is 320 g/mol. The van der Waals surface area contributed by atoms with Crippen molar-refractivity contribution in [3.8, 4) is 0 Å². The first kappa shape index (κ1) is 15.6. The number of anilines is 1. The molecule has 4 rings (SSSR count). The number of hydrogen-bond acceptors (Lipinski definition) is 6. The van der Waals surface area contributed by atoms with Gasteiger partial charge in [0, 0.05) is 45.5 Å². The van der Waals surface area contributed by atoms with Crippen molar-refractivity contribution in [2.24, 2.45) is 14.1 Å². The zero-order valence-corrected chi connectivity index (χ0v) is 14.3. The average Bonchev–Trinajstić information content (AvgIpc) is 3.21. The van der Waals surface area contributed by atoms with E-state index in [0.29, 0.717) is 16.7 Å². The summed E-state index contributed by atoms with van der Waals surface area (Å²) in [7, 11) is 3.69. The minimum Gasteiger partial charge on any atom is -0.355 e. The molecule has 0 spiro atoms. The van der Waals surface area contributed by atoms with Gasteiger partial charge in [-0.1, -0.05) is 5.21 Å². The number of aromatic nitrogens is 6. The maximum absolute atomic E-state index is 12.7. The molecule has 1 amide bonds. The highest BCUT2D eigenvalue weighted by molar-refractivity contribution is 6.03. The van der Waals surface area contributed by atoms with E-state index >= 15 is 0 Å².